The van der Waals surface area contributed by atoms with Crippen molar-refractivity contribution in [2.45, 2.75) is 56.7 Å². The molecule has 1 aromatic heterocycles. The minimum absolute atomic E-state index is 0.00140. The van der Waals surface area contributed by atoms with Crippen LogP contribution in [0.2, 0.25) is 0 Å². The smallest absolute Gasteiger partial charge is 0.243 e. The first-order chi connectivity index (χ1) is 19.3. The van der Waals surface area contributed by atoms with E-state index in [4.69, 9.17) is 11.1 Å². The molecule has 4 N–H and O–H groups in total. The molecule has 3 amide bonds. The summed E-state index contributed by atoms with van der Waals surface area (Å²) in [5.74, 6) is -1.01. The van der Waals surface area contributed by atoms with Gasteiger partial charge in [-0.1, -0.05) is 30.3 Å². The van der Waals surface area contributed by atoms with E-state index >= 15 is 0 Å². The van der Waals surface area contributed by atoms with Gasteiger partial charge in [0.15, 0.2) is 11.0 Å². The number of nitrogens with zero attached hydrogens (tertiary/aromatic N) is 4. The zero-order chi connectivity index (χ0) is 28.2. The summed E-state index contributed by atoms with van der Waals surface area (Å²) in [6.07, 6.45) is 4.80. The number of guanidine groups is 1. The van der Waals surface area contributed by atoms with Crippen LogP contribution in [0.5, 0.6) is 0 Å². The van der Waals surface area contributed by atoms with Gasteiger partial charge in [-0.15, -0.1) is 11.3 Å². The highest BCUT2D eigenvalue weighted by atomic mass is 32.1. The number of Topliss-reactive ketones (excluding diaryl/α,β-unsaturated/α-hetero) is 1. The van der Waals surface area contributed by atoms with Gasteiger partial charge in [0, 0.05) is 37.6 Å². The van der Waals surface area contributed by atoms with E-state index in [9.17, 15) is 19.2 Å². The van der Waals surface area contributed by atoms with E-state index in [1.54, 1.807) is 26.3 Å². The van der Waals surface area contributed by atoms with E-state index < -0.39 is 12.1 Å². The lowest BCUT2D eigenvalue weighted by molar-refractivity contribution is -0.151. The Bertz CT molecular complexity index is 1250. The zero-order valence-corrected chi connectivity index (χ0v) is 23.1. The van der Waals surface area contributed by atoms with Crippen LogP contribution in [0.25, 0.3) is 0 Å². The summed E-state index contributed by atoms with van der Waals surface area (Å²) in [7, 11) is 0. The lowest BCUT2D eigenvalue weighted by Crippen LogP contribution is -2.61. The molecule has 12 heteroatoms. The number of thiazole rings is 1. The number of fused-ring (bicyclic) bond motifs is 1. The number of hydrogen-bond acceptors (Lipinski definition) is 7. The first kappa shape index (κ1) is 27.8. The van der Waals surface area contributed by atoms with E-state index in [2.05, 4.69) is 10.3 Å². The van der Waals surface area contributed by atoms with Gasteiger partial charge in [-0.2, -0.15) is 0 Å². The molecule has 3 aliphatic rings. The predicted molar refractivity (Wildman–Crippen MR) is 150 cm³/mol. The van der Waals surface area contributed by atoms with E-state index in [-0.39, 0.29) is 48.0 Å². The van der Waals surface area contributed by atoms with Crippen LogP contribution in [0.4, 0.5) is 0 Å². The molecule has 3 aliphatic heterocycles. The minimum atomic E-state index is -0.775. The van der Waals surface area contributed by atoms with Crippen LogP contribution in [0.15, 0.2) is 41.9 Å². The highest BCUT2D eigenvalue weighted by Gasteiger charge is 2.46. The van der Waals surface area contributed by atoms with E-state index in [1.165, 1.54) is 11.3 Å². The Morgan fingerprint density at radius 3 is 2.52 bits per heavy atom. The molecule has 2 aromatic rings. The zero-order valence-electron chi connectivity index (χ0n) is 22.3. The molecule has 4 heterocycles. The van der Waals surface area contributed by atoms with Crippen molar-refractivity contribution in [2.24, 2.45) is 11.7 Å². The molecular weight excluding hydrogens is 530 g/mol. The summed E-state index contributed by atoms with van der Waals surface area (Å²) < 4.78 is 0. The first-order valence-corrected chi connectivity index (χ1v) is 14.7. The fraction of sp³-hybridized carbons (Fsp3) is 0.500. The third-order valence-corrected chi connectivity index (χ3v) is 9.04. The Labute approximate surface area is 237 Å². The Kier molecular flexibility index (Phi) is 8.43. The Balaban J connectivity index is 1.22. The molecule has 0 unspecified atom stereocenters. The summed E-state index contributed by atoms with van der Waals surface area (Å²) in [5.41, 5.74) is 6.71. The maximum Gasteiger partial charge on any atom is 0.243 e. The van der Waals surface area contributed by atoms with Crippen LogP contribution in [-0.2, 0) is 20.8 Å². The van der Waals surface area contributed by atoms with Gasteiger partial charge in [-0.05, 0) is 43.6 Å². The summed E-state index contributed by atoms with van der Waals surface area (Å²) in [4.78, 5) is 62.3. The van der Waals surface area contributed by atoms with Gasteiger partial charge >= 0.3 is 0 Å². The predicted octanol–water partition coefficient (Wildman–Crippen LogP) is 1.25. The van der Waals surface area contributed by atoms with Gasteiger partial charge in [0.1, 0.15) is 6.04 Å². The molecular formula is C28H35N7O4S. The van der Waals surface area contributed by atoms with Gasteiger partial charge in [0.25, 0.3) is 0 Å². The molecule has 1 aromatic carbocycles. The van der Waals surface area contributed by atoms with Gasteiger partial charge < -0.3 is 25.8 Å². The number of carbonyl (C=O) groups excluding carboxylic acids is 4. The van der Waals surface area contributed by atoms with E-state index in [0.29, 0.717) is 63.2 Å². The molecule has 40 heavy (non-hydrogen) atoms. The number of piperazine rings is 1. The van der Waals surface area contributed by atoms with Gasteiger partial charge in [0.05, 0.1) is 18.6 Å². The average Bonchev–Trinajstić information content (AvgIpc) is 3.66. The molecule has 3 atom stereocenters. The largest absolute Gasteiger partial charge is 0.370 e. The second-order valence-electron chi connectivity index (χ2n) is 10.7. The molecule has 11 nitrogen and oxygen atoms in total. The van der Waals surface area contributed by atoms with Gasteiger partial charge in [0.2, 0.25) is 23.5 Å². The number of piperidine rings is 1. The third kappa shape index (κ3) is 6.01. The molecule has 5 rings (SSSR count). The van der Waals surface area contributed by atoms with Crippen LogP contribution in [0.1, 0.15) is 47.5 Å². The highest BCUT2D eigenvalue weighted by molar-refractivity contribution is 7.11. The Hall–Kier alpha value is -3.80. The molecule has 0 spiro atoms. The monoisotopic (exact) mass is 565 g/mol. The number of likely N-dealkylation sites (tertiary alicyclic amines) is 1. The number of carbonyl (C=O) groups is 4. The van der Waals surface area contributed by atoms with Crippen LogP contribution in [0, 0.1) is 11.3 Å². The second-order valence-corrected chi connectivity index (χ2v) is 11.6. The molecule has 0 radical (unpaired) electrons. The number of ketones is 1. The highest BCUT2D eigenvalue weighted by Crippen LogP contribution is 2.30. The van der Waals surface area contributed by atoms with Gasteiger partial charge in [-0.3, -0.25) is 24.6 Å². The summed E-state index contributed by atoms with van der Waals surface area (Å²) in [5, 5.41) is 12.7. The number of benzene rings is 1. The van der Waals surface area contributed by atoms with Crippen molar-refractivity contribution >= 4 is 40.8 Å². The van der Waals surface area contributed by atoms with E-state index in [1.807, 2.05) is 30.3 Å². The van der Waals surface area contributed by atoms with Crippen molar-refractivity contribution in [1.82, 2.24) is 25.0 Å². The number of rotatable bonds is 8. The maximum atomic E-state index is 13.6. The Morgan fingerprint density at radius 2 is 1.85 bits per heavy atom. The quantitative estimate of drug-likeness (QED) is 0.247. The summed E-state index contributed by atoms with van der Waals surface area (Å²) in [6, 6.07) is 8.11. The SMILES string of the molecule is N=C(N)N1CCC([C@@H](NC(=O)[C@@H]2CC[C@H]3CN(C(=O)CCc4ccccc4)CC(=O)N32)C(=O)c2nccs2)CC1. The van der Waals surface area contributed by atoms with Crippen LogP contribution in [-0.4, -0.2) is 93.5 Å². The lowest BCUT2D eigenvalue weighted by atomic mass is 9.86. The lowest BCUT2D eigenvalue weighted by Gasteiger charge is -2.40. The fourth-order valence-electron chi connectivity index (χ4n) is 6.10. The Morgan fingerprint density at radius 1 is 1.10 bits per heavy atom. The first-order valence-electron chi connectivity index (χ1n) is 13.8. The summed E-state index contributed by atoms with van der Waals surface area (Å²) >= 11 is 1.23. The molecule has 0 saturated carbocycles. The number of nitrogens with one attached hydrogen (secondary N) is 2. The van der Waals surface area contributed by atoms with Crippen LogP contribution < -0.4 is 11.1 Å². The molecule has 212 valence electrons. The van der Waals surface area contributed by atoms with Gasteiger partial charge in [-0.25, -0.2) is 4.98 Å². The molecule has 3 fully saturated rings. The topological polar surface area (TPSA) is 153 Å². The number of amides is 3. The molecule has 3 saturated heterocycles. The van der Waals surface area contributed by atoms with Crippen molar-refractivity contribution in [3.63, 3.8) is 0 Å². The number of hydrogen-bond donors (Lipinski definition) is 3. The number of aromatic nitrogens is 1. The maximum absolute atomic E-state index is 13.6. The van der Waals surface area contributed by atoms with Crippen molar-refractivity contribution in [3.05, 3.63) is 52.5 Å². The third-order valence-electron chi connectivity index (χ3n) is 8.25. The fourth-order valence-corrected chi connectivity index (χ4v) is 6.72. The normalized spacial score (nSPS) is 22.1. The second kappa shape index (κ2) is 12.2. The van der Waals surface area contributed by atoms with Crippen LogP contribution >= 0.6 is 11.3 Å². The van der Waals surface area contributed by atoms with Crippen molar-refractivity contribution in [3.8, 4) is 0 Å². The van der Waals surface area contributed by atoms with E-state index in [0.717, 1.165) is 5.56 Å². The number of aryl methyl sites for hydroxylation is 1. The standard InChI is InChI=1S/C28H35N7O4S/c29-28(30)33-13-10-19(11-14-33)24(25(38)27-31-12-15-40-27)32-26(39)21-8-7-20-16-34(17-23(37)35(20)21)22(36)9-6-18-4-2-1-3-5-18/h1-5,12,15,19-21,24H,6-11,13-14,16-17H2,(H3,29,30)(H,32,39)/t20-,21-,24+/m0/s1. The van der Waals surface area contributed by atoms with Crippen molar-refractivity contribution in [1.29, 1.82) is 5.41 Å². The minimum Gasteiger partial charge on any atom is -0.370 e. The van der Waals surface area contributed by atoms with Crippen molar-refractivity contribution < 1.29 is 19.2 Å². The van der Waals surface area contributed by atoms with Crippen molar-refractivity contribution in [2.75, 3.05) is 26.2 Å². The summed E-state index contributed by atoms with van der Waals surface area (Å²) in [6.45, 7) is 1.43. The molecule has 0 bridgehead atoms. The number of nitrogens with two attached hydrogens (primary N) is 1. The molecule has 0 aliphatic carbocycles. The van der Waals surface area contributed by atoms with Crippen LogP contribution in [0.3, 0.4) is 0 Å². The average molecular weight is 566 g/mol.